The van der Waals surface area contributed by atoms with E-state index >= 15 is 0 Å². The Kier molecular flexibility index (Phi) is 38.1. The molecule has 0 aliphatic heterocycles. The van der Waals surface area contributed by atoms with Crippen molar-refractivity contribution >= 4 is 64.8 Å². The fourth-order valence-electron chi connectivity index (χ4n) is 4.70. The molecule has 0 saturated heterocycles. The number of unbranched alkanes of at least 4 members (excludes halogenated alkanes) is 6. The molecule has 0 spiro atoms. The number of hydrogen-bond donors (Lipinski definition) is 3. The highest BCUT2D eigenvalue weighted by atomic mass is 16.6. The second kappa shape index (κ2) is 41.0. The number of carbonyl (C=O) groups excluding carboxylic acids is 6. The summed E-state index contributed by atoms with van der Waals surface area (Å²) in [5.41, 5.74) is -0.329. The molecule has 3 aromatic carbocycles. The summed E-state index contributed by atoms with van der Waals surface area (Å²) in [5.74, 6) is -6.84. The second-order valence-corrected chi connectivity index (χ2v) is 13.6. The molecule has 0 saturated carbocycles. The van der Waals surface area contributed by atoms with E-state index in [0.717, 1.165) is 49.3 Å². The van der Waals surface area contributed by atoms with Crippen LogP contribution in [0.5, 0.6) is 17.2 Å². The van der Waals surface area contributed by atoms with Crippen molar-refractivity contribution in [3.05, 3.63) is 152 Å². The van der Waals surface area contributed by atoms with Crippen molar-refractivity contribution in [1.82, 2.24) is 0 Å². The van der Waals surface area contributed by atoms with Crippen molar-refractivity contribution in [2.24, 2.45) is 0 Å². The molecule has 26 heteroatoms. The van der Waals surface area contributed by atoms with Gasteiger partial charge in [-0.1, -0.05) is 22.3 Å². The van der Waals surface area contributed by atoms with Gasteiger partial charge in [0.15, 0.2) is 0 Å². The Balaban J connectivity index is -0.00000124. The van der Waals surface area contributed by atoms with Gasteiger partial charge in [0.2, 0.25) is 0 Å². The Bertz CT molecular complexity index is 2290. The number of rotatable bonds is 27. The van der Waals surface area contributed by atoms with Gasteiger partial charge in [0.1, 0.15) is 17.2 Å². The summed E-state index contributed by atoms with van der Waals surface area (Å²) >= 11 is 0. The van der Waals surface area contributed by atoms with E-state index in [1.165, 1.54) is 72.8 Å². The summed E-state index contributed by atoms with van der Waals surface area (Å²) in [4.78, 5) is 119. The zero-order valence-corrected chi connectivity index (χ0v) is 37.9. The van der Waals surface area contributed by atoms with Crippen LogP contribution in [0.3, 0.4) is 0 Å². The Morgan fingerprint density at radius 3 is 0.840 bits per heavy atom. The predicted molar refractivity (Wildman–Crippen MR) is 265 cm³/mol. The van der Waals surface area contributed by atoms with Crippen molar-refractivity contribution in [1.29, 1.82) is 0 Å². The molecule has 0 atom stereocenters. The quantitative estimate of drug-likeness (QED) is 0.0124. The van der Waals surface area contributed by atoms with Crippen molar-refractivity contribution in [2.45, 2.75) is 73.6 Å². The number of phenols is 1. The maximum atomic E-state index is 11.7. The van der Waals surface area contributed by atoms with Crippen LogP contribution in [0.25, 0.3) is 0 Å². The number of carbonyl (C=O) groups is 8. The van der Waals surface area contributed by atoms with Crippen molar-refractivity contribution < 1.29 is 96.9 Å². The van der Waals surface area contributed by atoms with Crippen LogP contribution in [-0.4, -0.2) is 104 Å². The van der Waals surface area contributed by atoms with Crippen LogP contribution in [0.4, 0.5) is 17.1 Å². The molecule has 0 fully saturated rings. The minimum Gasteiger partial charge on any atom is -0.508 e. The first-order valence-electron chi connectivity index (χ1n) is 21.0. The molecule has 0 bridgehead atoms. The average Bonchev–Trinajstić information content (AvgIpc) is 3.33. The van der Waals surface area contributed by atoms with E-state index < -0.39 is 62.5 Å². The fourth-order valence-corrected chi connectivity index (χ4v) is 4.70. The summed E-state index contributed by atoms with van der Waals surface area (Å²) in [6.07, 6.45) is 11.8. The number of esters is 6. The number of carboxylic acid groups (broad SMARTS) is 2. The molecule has 0 aliphatic carbocycles. The Morgan fingerprint density at radius 2 is 0.600 bits per heavy atom. The molecule has 3 rings (SSSR count). The summed E-state index contributed by atoms with van der Waals surface area (Å²) in [5, 5.41) is 56.5. The van der Waals surface area contributed by atoms with Crippen LogP contribution in [-0.2, 0) is 57.3 Å². The summed E-state index contributed by atoms with van der Waals surface area (Å²) in [6, 6.07) is 14.8. The highest BCUT2D eigenvalue weighted by Gasteiger charge is 2.10. The SMILES string of the molecule is C.C.C.O=C(C=CC(=O)Oc1ccc([N+](=O)[O-])cc1)OCCCCCCOC(=O)C=CC(=O)Oc1ccc([N+](=O)[O-])cc1.O=C(O)C=CC(=O)OCCCCCCOC(=O)C=CC(=O)O.O=[N+]([O-])c1ccc(O)cc1. The van der Waals surface area contributed by atoms with E-state index in [9.17, 15) is 68.7 Å². The number of nitro benzene ring substituents is 3. The van der Waals surface area contributed by atoms with Gasteiger partial charge in [0.05, 0.1) is 41.2 Å². The van der Waals surface area contributed by atoms with Crippen LogP contribution in [0.1, 0.15) is 73.6 Å². The van der Waals surface area contributed by atoms with Gasteiger partial charge in [-0.25, -0.2) is 38.4 Å². The Labute approximate surface area is 429 Å². The number of non-ortho nitro benzene ring substituents is 3. The third-order valence-corrected chi connectivity index (χ3v) is 8.08. The fraction of sp³-hybridized carbons (Fsp3) is 0.306. The number of nitrogens with zero attached hydrogens (tertiary/aromatic N) is 3. The van der Waals surface area contributed by atoms with E-state index in [2.05, 4.69) is 0 Å². The molecular formula is C49H59N3O23. The molecule has 0 aromatic heterocycles. The summed E-state index contributed by atoms with van der Waals surface area (Å²) in [7, 11) is 0. The standard InChI is InChI=1S/C26H24N2O12.C14H18O8.C6H5NO3.3CH4/c29-23(13-15-25(31)39-21-9-5-19(6-10-21)27(33)34)37-17-3-1-2-4-18-38-24(30)14-16-26(32)40-22-11-7-20(8-12-22)28(35)36;15-11(16)5-7-13(19)21-9-3-1-2-4-10-22-14(20)8-6-12(17)18;8-6-3-1-5(2-4-6)7(9)10;;;/h5-16H,1-4,17-18H2;5-8H,1-4,9-10H2,(H,15,16)(H,17,18);1-4,8H;3*1H4. The topological polar surface area (TPSA) is 382 Å². The molecule has 408 valence electrons. The monoisotopic (exact) mass is 1060 g/mol. The number of benzene rings is 3. The summed E-state index contributed by atoms with van der Waals surface area (Å²) in [6.45, 7) is 0.591. The molecular weight excluding hydrogens is 999 g/mol. The van der Waals surface area contributed by atoms with Gasteiger partial charge in [-0.2, -0.15) is 0 Å². The highest BCUT2D eigenvalue weighted by Crippen LogP contribution is 2.19. The largest absolute Gasteiger partial charge is 0.508 e. The molecule has 26 nitrogen and oxygen atoms in total. The third kappa shape index (κ3) is 36.9. The van der Waals surface area contributed by atoms with Crippen LogP contribution in [0, 0.1) is 30.3 Å². The van der Waals surface area contributed by atoms with E-state index in [0.29, 0.717) is 50.7 Å². The lowest BCUT2D eigenvalue weighted by Crippen LogP contribution is -2.08. The smallest absolute Gasteiger partial charge is 0.336 e. The lowest BCUT2D eigenvalue weighted by molar-refractivity contribution is -0.385. The van der Waals surface area contributed by atoms with Crippen LogP contribution < -0.4 is 9.47 Å². The molecule has 0 heterocycles. The second-order valence-electron chi connectivity index (χ2n) is 13.6. The molecule has 0 radical (unpaired) electrons. The molecule has 0 amide bonds. The minimum absolute atomic E-state index is 0. The summed E-state index contributed by atoms with van der Waals surface area (Å²) < 4.78 is 29.3. The number of carboxylic acids is 2. The van der Waals surface area contributed by atoms with Gasteiger partial charge in [0.25, 0.3) is 17.1 Å². The van der Waals surface area contributed by atoms with E-state index in [1.807, 2.05) is 0 Å². The average molecular weight is 1060 g/mol. The van der Waals surface area contributed by atoms with Gasteiger partial charge in [-0.3, -0.25) is 30.3 Å². The van der Waals surface area contributed by atoms with Crippen LogP contribution in [0.2, 0.25) is 0 Å². The zero-order chi connectivity index (χ0) is 53.7. The number of aromatic hydroxyl groups is 1. The first kappa shape index (κ1) is 69.6. The molecule has 0 aliphatic rings. The van der Waals surface area contributed by atoms with E-state index in [-0.39, 0.29) is 83.0 Å². The first-order chi connectivity index (χ1) is 34.2. The molecule has 0 unspecified atom stereocenters. The number of ether oxygens (including phenoxy) is 6. The number of hydrogen-bond acceptors (Lipinski definition) is 21. The van der Waals surface area contributed by atoms with Crippen molar-refractivity contribution in [3.8, 4) is 17.2 Å². The maximum Gasteiger partial charge on any atom is 0.336 e. The third-order valence-electron chi connectivity index (χ3n) is 8.08. The highest BCUT2D eigenvalue weighted by molar-refractivity contribution is 5.93. The van der Waals surface area contributed by atoms with E-state index in [4.69, 9.17) is 43.7 Å². The Hall–Kier alpha value is -9.62. The number of nitro groups is 3. The van der Waals surface area contributed by atoms with Gasteiger partial charge in [-0.15, -0.1) is 0 Å². The van der Waals surface area contributed by atoms with Gasteiger partial charge >= 0.3 is 47.8 Å². The lowest BCUT2D eigenvalue weighted by atomic mass is 10.2. The molecule has 3 aromatic rings. The predicted octanol–water partition coefficient (Wildman–Crippen LogP) is 7.90. The van der Waals surface area contributed by atoms with Gasteiger partial charge in [0, 0.05) is 85.0 Å². The van der Waals surface area contributed by atoms with Gasteiger partial charge < -0.3 is 43.7 Å². The minimum atomic E-state index is -1.22. The van der Waals surface area contributed by atoms with Crippen molar-refractivity contribution in [2.75, 3.05) is 26.4 Å². The lowest BCUT2D eigenvalue weighted by Gasteiger charge is -2.04. The van der Waals surface area contributed by atoms with Crippen LogP contribution in [0.15, 0.2) is 121 Å². The molecule has 3 N–H and O–H groups in total. The molecule has 75 heavy (non-hydrogen) atoms. The Morgan fingerprint density at radius 1 is 0.373 bits per heavy atom. The van der Waals surface area contributed by atoms with Crippen molar-refractivity contribution in [3.63, 3.8) is 0 Å². The van der Waals surface area contributed by atoms with Gasteiger partial charge in [-0.05, 0) is 87.8 Å². The van der Waals surface area contributed by atoms with Crippen LogP contribution >= 0.6 is 0 Å². The maximum absolute atomic E-state index is 11.7. The normalized spacial score (nSPS) is 10.1. The first-order valence-corrected chi connectivity index (χ1v) is 21.0. The van der Waals surface area contributed by atoms with E-state index in [1.54, 1.807) is 0 Å². The number of phenolic OH excluding ortho intramolecular Hbond substituents is 1. The zero-order valence-electron chi connectivity index (χ0n) is 37.9. The number of aliphatic carboxylic acids is 2.